The largest absolute Gasteiger partial charge is 0.490 e. The van der Waals surface area contributed by atoms with E-state index in [1.165, 1.54) is 12.1 Å². The number of hydrogen-bond acceptors (Lipinski definition) is 1. The van der Waals surface area contributed by atoms with E-state index < -0.39 is 11.2 Å². The third kappa shape index (κ3) is 2.81. The second kappa shape index (κ2) is 6.84. The lowest BCUT2D eigenvalue weighted by atomic mass is 9.55. The second-order valence-electron chi connectivity index (χ2n) is 7.67. The molecule has 0 unspecified atom stereocenters. The molecule has 4 rings (SSSR count). The number of rotatable bonds is 3. The molecule has 4 heteroatoms. The summed E-state index contributed by atoms with van der Waals surface area (Å²) >= 11 is 6.03. The smallest absolute Gasteiger partial charge is 0.165 e. The van der Waals surface area contributed by atoms with Crippen LogP contribution in [0, 0.1) is 23.5 Å². The molecule has 0 spiro atoms. The van der Waals surface area contributed by atoms with Gasteiger partial charge in [0, 0.05) is 21.9 Å². The van der Waals surface area contributed by atoms with E-state index >= 15 is 0 Å². The van der Waals surface area contributed by atoms with Crippen molar-refractivity contribution in [2.75, 3.05) is 6.61 Å². The summed E-state index contributed by atoms with van der Waals surface area (Å²) in [7, 11) is 0. The fourth-order valence-electron chi connectivity index (χ4n) is 5.20. The van der Waals surface area contributed by atoms with Gasteiger partial charge in [0.15, 0.2) is 11.6 Å². The fraction of sp³-hybridized carbons (Fsp3) is 0.455. The van der Waals surface area contributed by atoms with Gasteiger partial charge in [-0.15, -0.1) is 0 Å². The van der Waals surface area contributed by atoms with Crippen LogP contribution < -0.4 is 4.74 Å². The number of halogens is 3. The normalized spacial score (nSPS) is 27.4. The number of hydrogen-bond donors (Lipinski definition) is 0. The SMILES string of the molecule is CC[C@@H]1CCC[C@@]2(Cc3ccc(Cl)cc3)c3c(F)ccc(F)c3OC[C@@H]12. The van der Waals surface area contributed by atoms with Crippen LogP contribution in [0.4, 0.5) is 8.78 Å². The van der Waals surface area contributed by atoms with Gasteiger partial charge in [-0.05, 0) is 48.6 Å². The number of benzene rings is 2. The highest BCUT2D eigenvalue weighted by Gasteiger charge is 2.52. The van der Waals surface area contributed by atoms with Gasteiger partial charge in [-0.1, -0.05) is 49.9 Å². The topological polar surface area (TPSA) is 9.23 Å². The first-order valence-electron chi connectivity index (χ1n) is 9.41. The Hall–Kier alpha value is -1.61. The summed E-state index contributed by atoms with van der Waals surface area (Å²) in [6.45, 7) is 2.64. The lowest BCUT2D eigenvalue weighted by Crippen LogP contribution is -2.50. The molecule has 0 saturated heterocycles. The Kier molecular flexibility index (Phi) is 4.68. The van der Waals surface area contributed by atoms with Gasteiger partial charge in [0.25, 0.3) is 0 Å². The maximum atomic E-state index is 15.0. The van der Waals surface area contributed by atoms with Crippen LogP contribution >= 0.6 is 11.6 Å². The van der Waals surface area contributed by atoms with Gasteiger partial charge in [0.2, 0.25) is 0 Å². The Labute approximate surface area is 158 Å². The molecule has 1 aliphatic carbocycles. The van der Waals surface area contributed by atoms with E-state index in [9.17, 15) is 8.78 Å². The molecule has 0 amide bonds. The molecule has 1 nitrogen and oxygen atoms in total. The molecule has 0 bridgehead atoms. The van der Waals surface area contributed by atoms with Crippen LogP contribution in [0.15, 0.2) is 36.4 Å². The molecule has 0 aromatic heterocycles. The molecule has 0 N–H and O–H groups in total. The number of ether oxygens (including phenoxy) is 1. The molecule has 2 aliphatic rings. The lowest BCUT2D eigenvalue weighted by molar-refractivity contribution is 0.0314. The monoisotopic (exact) mass is 376 g/mol. The minimum absolute atomic E-state index is 0.118. The van der Waals surface area contributed by atoms with Gasteiger partial charge in [-0.25, -0.2) is 8.78 Å². The summed E-state index contributed by atoms with van der Waals surface area (Å²) in [6, 6.07) is 10.1. The molecule has 1 aliphatic heterocycles. The quantitative estimate of drug-likeness (QED) is 0.609. The maximum absolute atomic E-state index is 15.0. The molecular weight excluding hydrogens is 354 g/mol. The minimum atomic E-state index is -0.464. The van der Waals surface area contributed by atoms with Crippen LogP contribution in [0.5, 0.6) is 5.75 Å². The van der Waals surface area contributed by atoms with Gasteiger partial charge in [-0.2, -0.15) is 0 Å². The summed E-state index contributed by atoms with van der Waals surface area (Å²) in [6.07, 6.45) is 4.72. The third-order valence-corrected chi connectivity index (χ3v) is 6.65. The number of fused-ring (bicyclic) bond motifs is 3. The zero-order valence-electron chi connectivity index (χ0n) is 14.9. The van der Waals surface area contributed by atoms with Crippen molar-refractivity contribution < 1.29 is 13.5 Å². The first-order chi connectivity index (χ1) is 12.5. The van der Waals surface area contributed by atoms with Gasteiger partial charge in [-0.3, -0.25) is 0 Å². The molecule has 1 saturated carbocycles. The Morgan fingerprint density at radius 1 is 1.12 bits per heavy atom. The van der Waals surface area contributed by atoms with Crippen molar-refractivity contribution in [2.45, 2.75) is 44.4 Å². The first kappa shape index (κ1) is 17.8. The molecule has 2 aromatic rings. The Morgan fingerprint density at radius 2 is 1.85 bits per heavy atom. The Balaban J connectivity index is 1.88. The zero-order valence-corrected chi connectivity index (χ0v) is 15.7. The average molecular weight is 377 g/mol. The van der Waals surface area contributed by atoms with Gasteiger partial charge < -0.3 is 4.74 Å². The highest BCUT2D eigenvalue weighted by molar-refractivity contribution is 6.30. The van der Waals surface area contributed by atoms with E-state index in [1.54, 1.807) is 0 Å². The Bertz CT molecular complexity index is 805. The standard InChI is InChI=1S/C22H23ClF2O/c1-2-15-4-3-11-22(12-14-5-7-16(23)8-6-14)17(15)13-26-21-19(25)10-9-18(24)20(21)22/h5-10,15,17H,2-4,11-13H2,1H3/t15-,17+,22+/m1/s1. The fourth-order valence-corrected chi connectivity index (χ4v) is 5.32. The summed E-state index contributed by atoms with van der Waals surface area (Å²) in [5.41, 5.74) is 1.13. The van der Waals surface area contributed by atoms with Crippen molar-refractivity contribution in [1.82, 2.24) is 0 Å². The lowest BCUT2D eigenvalue weighted by Gasteiger charge is -2.51. The van der Waals surface area contributed by atoms with E-state index in [0.29, 0.717) is 29.5 Å². The van der Waals surface area contributed by atoms with Crippen molar-refractivity contribution >= 4 is 11.6 Å². The van der Waals surface area contributed by atoms with Crippen LogP contribution in [0.25, 0.3) is 0 Å². The van der Waals surface area contributed by atoms with E-state index in [2.05, 4.69) is 6.92 Å². The Morgan fingerprint density at radius 3 is 2.58 bits per heavy atom. The van der Waals surface area contributed by atoms with Crippen molar-refractivity contribution in [3.63, 3.8) is 0 Å². The maximum Gasteiger partial charge on any atom is 0.165 e. The molecule has 26 heavy (non-hydrogen) atoms. The average Bonchev–Trinajstić information content (AvgIpc) is 2.65. The molecule has 0 radical (unpaired) electrons. The van der Waals surface area contributed by atoms with E-state index in [0.717, 1.165) is 31.2 Å². The third-order valence-electron chi connectivity index (χ3n) is 6.40. The summed E-state index contributed by atoms with van der Waals surface area (Å²) < 4.78 is 35.2. The summed E-state index contributed by atoms with van der Waals surface area (Å²) in [5, 5.41) is 0.683. The first-order valence-corrected chi connectivity index (χ1v) is 9.78. The minimum Gasteiger partial charge on any atom is -0.490 e. The second-order valence-corrected chi connectivity index (χ2v) is 8.11. The molecular formula is C22H23ClF2O. The highest BCUT2D eigenvalue weighted by Crippen LogP contribution is 2.55. The van der Waals surface area contributed by atoms with Crippen LogP contribution in [0.2, 0.25) is 5.02 Å². The molecule has 1 heterocycles. The van der Waals surface area contributed by atoms with Crippen LogP contribution in [0.3, 0.4) is 0 Å². The highest BCUT2D eigenvalue weighted by atomic mass is 35.5. The van der Waals surface area contributed by atoms with E-state index in [-0.39, 0.29) is 17.5 Å². The van der Waals surface area contributed by atoms with Gasteiger partial charge in [0.1, 0.15) is 5.82 Å². The van der Waals surface area contributed by atoms with Gasteiger partial charge in [0.05, 0.1) is 6.61 Å². The van der Waals surface area contributed by atoms with E-state index in [4.69, 9.17) is 16.3 Å². The summed E-state index contributed by atoms with van der Waals surface area (Å²) in [4.78, 5) is 0. The van der Waals surface area contributed by atoms with Crippen LogP contribution in [-0.2, 0) is 11.8 Å². The molecule has 138 valence electrons. The predicted octanol–water partition coefficient (Wildman–Crippen LogP) is 6.32. The van der Waals surface area contributed by atoms with Crippen molar-refractivity contribution in [2.24, 2.45) is 11.8 Å². The van der Waals surface area contributed by atoms with Gasteiger partial charge >= 0.3 is 0 Å². The molecule has 1 fully saturated rings. The van der Waals surface area contributed by atoms with Crippen molar-refractivity contribution in [3.8, 4) is 5.75 Å². The van der Waals surface area contributed by atoms with Crippen LogP contribution in [0.1, 0.15) is 43.7 Å². The van der Waals surface area contributed by atoms with Crippen LogP contribution in [-0.4, -0.2) is 6.61 Å². The summed E-state index contributed by atoms with van der Waals surface area (Å²) in [5.74, 6) is -0.0367. The van der Waals surface area contributed by atoms with Crippen molar-refractivity contribution in [1.29, 1.82) is 0 Å². The van der Waals surface area contributed by atoms with Crippen molar-refractivity contribution in [3.05, 3.63) is 64.2 Å². The molecule has 2 aromatic carbocycles. The predicted molar refractivity (Wildman–Crippen MR) is 99.8 cm³/mol. The van der Waals surface area contributed by atoms with E-state index in [1.807, 2.05) is 24.3 Å². The zero-order chi connectivity index (χ0) is 18.3. The molecule has 3 atom stereocenters.